The Bertz CT molecular complexity index is 2060. The number of carboxylic acids is 2. The Labute approximate surface area is 492 Å². The van der Waals surface area contributed by atoms with Crippen LogP contribution < -0.4 is 0 Å². The quantitative estimate of drug-likeness (QED) is 0.0552. The summed E-state index contributed by atoms with van der Waals surface area (Å²) in [6, 6.07) is 0. The summed E-state index contributed by atoms with van der Waals surface area (Å²) >= 11 is 11.0. The number of halogens is 2. The van der Waals surface area contributed by atoms with E-state index < -0.39 is 27.5 Å². The van der Waals surface area contributed by atoms with Gasteiger partial charge in [-0.15, -0.1) is 23.2 Å². The molecule has 0 saturated heterocycles. The highest BCUT2D eigenvalue weighted by molar-refractivity contribution is 7.99. The minimum atomic E-state index is -3.55. The molecular weight excluding hydrogens is 1060 g/mol. The molecule has 0 heterocycles. The summed E-state index contributed by atoms with van der Waals surface area (Å²) in [5.41, 5.74) is 5.06. The SMILES string of the molecule is C.CC(C)CCC[C@@H](C)[C@H]1CCC2C3CC=C4C[C@@H](OCCCS(=O)(=O)CC(=O)O)CC[C@]4(C)C3CC[C@@]21C.CC(C)CCC[C@@H](C)[C@H]1CCC2C3CC=C4C[C@@H](OCCCSCC(=O)O)CC[C@]4(C)C3CC[C@@]21C.ClCCl. The van der Waals surface area contributed by atoms with Gasteiger partial charge < -0.3 is 19.7 Å². The second-order valence-electron chi connectivity index (χ2n) is 28.3. The Hall–Kier alpha value is -0.780. The summed E-state index contributed by atoms with van der Waals surface area (Å²) < 4.78 is 36.1. The first-order valence-electron chi connectivity index (χ1n) is 31.4. The van der Waals surface area contributed by atoms with Crippen LogP contribution in [-0.2, 0) is 28.9 Å². The van der Waals surface area contributed by atoms with Gasteiger partial charge in [0.1, 0.15) is 5.75 Å². The topological polar surface area (TPSA) is 127 Å². The maximum Gasteiger partial charge on any atom is 0.318 e. The molecule has 0 radical (unpaired) electrons. The summed E-state index contributed by atoms with van der Waals surface area (Å²) in [4.78, 5) is 21.4. The van der Waals surface area contributed by atoms with Crippen LogP contribution >= 0.6 is 35.0 Å². The number of alkyl halides is 2. The van der Waals surface area contributed by atoms with Crippen molar-refractivity contribution in [1.29, 1.82) is 0 Å². The molecule has 8 aliphatic carbocycles. The van der Waals surface area contributed by atoms with Gasteiger partial charge in [-0.25, -0.2) is 8.42 Å². The van der Waals surface area contributed by atoms with Gasteiger partial charge in [0.2, 0.25) is 0 Å². The normalized spacial score (nSPS) is 36.5. The number of carboxylic acid groups (broad SMARTS) is 2. The van der Waals surface area contributed by atoms with Crippen LogP contribution in [0.5, 0.6) is 0 Å². The van der Waals surface area contributed by atoms with E-state index in [4.69, 9.17) is 42.9 Å². The molecule has 8 aliphatic rings. The van der Waals surface area contributed by atoms with E-state index in [0.717, 1.165) is 109 Å². The highest BCUT2D eigenvalue weighted by Crippen LogP contribution is 2.69. The first kappa shape index (κ1) is 68.0. The van der Waals surface area contributed by atoms with Crippen LogP contribution in [0.25, 0.3) is 0 Å². The first-order valence-corrected chi connectivity index (χ1v) is 35.4. The third-order valence-electron chi connectivity index (χ3n) is 22.8. The molecule has 0 aromatic rings. The lowest BCUT2D eigenvalue weighted by Crippen LogP contribution is -2.51. The molecule has 0 amide bonds. The largest absolute Gasteiger partial charge is 0.481 e. The monoisotopic (exact) mass is 1170 g/mol. The van der Waals surface area contributed by atoms with Crippen molar-refractivity contribution < 1.29 is 37.7 Å². The van der Waals surface area contributed by atoms with E-state index in [-0.39, 0.29) is 35.8 Å². The number of allylic oxidation sites excluding steroid dienone is 2. The summed E-state index contributed by atoms with van der Waals surface area (Å²) in [6.07, 6.45) is 36.2. The molecular formula is C66H114Cl2O8S2. The third kappa shape index (κ3) is 16.8. The smallest absolute Gasteiger partial charge is 0.318 e. The predicted octanol–water partition coefficient (Wildman–Crippen LogP) is 18.0. The zero-order valence-electron chi connectivity index (χ0n) is 50.1. The second kappa shape index (κ2) is 30.3. The van der Waals surface area contributed by atoms with Gasteiger partial charge in [0.05, 0.1) is 29.1 Å². The molecule has 78 heavy (non-hydrogen) atoms. The highest BCUT2D eigenvalue weighted by atomic mass is 35.5. The Morgan fingerprint density at radius 1 is 0.615 bits per heavy atom. The molecule has 0 spiro atoms. The molecule has 2 N–H and O–H groups in total. The number of thioether (sulfide) groups is 1. The average Bonchev–Trinajstić information content (AvgIpc) is 4.04. The van der Waals surface area contributed by atoms with Crippen LogP contribution in [0.2, 0.25) is 0 Å². The number of rotatable bonds is 24. The zero-order chi connectivity index (χ0) is 56.3. The molecule has 8 rings (SSSR count). The lowest BCUT2D eigenvalue weighted by Gasteiger charge is -2.58. The van der Waals surface area contributed by atoms with Crippen molar-refractivity contribution in [2.75, 3.05) is 41.6 Å². The maximum atomic E-state index is 11.8. The van der Waals surface area contributed by atoms with Crippen LogP contribution in [0.4, 0.5) is 0 Å². The van der Waals surface area contributed by atoms with E-state index in [0.29, 0.717) is 35.4 Å². The van der Waals surface area contributed by atoms with E-state index in [1.165, 1.54) is 134 Å². The number of fused-ring (bicyclic) bond motifs is 10. The van der Waals surface area contributed by atoms with Gasteiger partial charge in [0, 0.05) is 13.2 Å². The standard InChI is InChI=1S/C32H54O5S.C32H54O3S.CH2Cl2.CH4/c1-22(2)8-6-9-23(3)27-12-13-28-26-11-10-24-20-25(37-18-7-19-38(35,36)21-30(33)34)14-16-31(24,4)29(26)15-17-32(27,28)5;1-22(2)8-6-9-23(3)27-12-13-28-26-11-10-24-20-25(35-18-7-19-36-21-30(33)34)14-16-31(24,4)29(26)15-17-32(27,28)5;2-1-3;/h10,22-23,25-29H,6-9,11-21H2,1-5H3,(H,33,34);10,22-23,25-29H,6-9,11-21H2,1-5H3,(H,33,34);1H2;1H4/t2*23-,25+,26?,27-,28?,29?,31+,32-;;/m11../s1. The van der Waals surface area contributed by atoms with Gasteiger partial charge in [0.25, 0.3) is 0 Å². The Balaban J connectivity index is 0.000000271. The molecule has 6 unspecified atom stereocenters. The minimum absolute atomic E-state index is 0. The molecule has 0 bridgehead atoms. The number of hydrogen-bond donors (Lipinski definition) is 2. The molecule has 6 fully saturated rings. The van der Waals surface area contributed by atoms with Crippen molar-refractivity contribution in [2.45, 2.75) is 243 Å². The first-order chi connectivity index (χ1) is 36.4. The molecule has 0 aromatic heterocycles. The fourth-order valence-electron chi connectivity index (χ4n) is 18.9. The number of sulfone groups is 1. The van der Waals surface area contributed by atoms with E-state index in [9.17, 15) is 18.0 Å². The fourth-order valence-corrected chi connectivity index (χ4v) is 20.7. The lowest BCUT2D eigenvalue weighted by atomic mass is 9.47. The van der Waals surface area contributed by atoms with Gasteiger partial charge in [-0.2, -0.15) is 11.8 Å². The second-order valence-corrected chi connectivity index (χ2v) is 32.4. The Morgan fingerprint density at radius 3 is 1.46 bits per heavy atom. The molecule has 12 heteroatoms. The number of ether oxygens (including phenoxy) is 2. The molecule has 0 aliphatic heterocycles. The molecule has 16 atom stereocenters. The third-order valence-corrected chi connectivity index (χ3v) is 25.5. The van der Waals surface area contributed by atoms with Crippen LogP contribution in [-0.4, -0.2) is 84.3 Å². The van der Waals surface area contributed by atoms with Crippen LogP contribution in [0.3, 0.4) is 0 Å². The highest BCUT2D eigenvalue weighted by Gasteiger charge is 2.61. The summed E-state index contributed by atoms with van der Waals surface area (Å²) in [5.74, 6) is 8.57. The van der Waals surface area contributed by atoms with Crippen molar-refractivity contribution in [3.05, 3.63) is 23.3 Å². The van der Waals surface area contributed by atoms with Crippen molar-refractivity contribution in [2.24, 2.45) is 92.7 Å². The van der Waals surface area contributed by atoms with Crippen LogP contribution in [0.1, 0.15) is 231 Å². The van der Waals surface area contributed by atoms with Gasteiger partial charge in [0.15, 0.2) is 9.84 Å². The van der Waals surface area contributed by atoms with Crippen LogP contribution in [0, 0.1) is 92.7 Å². The number of carbonyl (C=O) groups is 2. The van der Waals surface area contributed by atoms with Crippen molar-refractivity contribution in [1.82, 2.24) is 0 Å². The van der Waals surface area contributed by atoms with Crippen molar-refractivity contribution in [3.63, 3.8) is 0 Å². The molecule has 0 aromatic carbocycles. The predicted molar refractivity (Wildman–Crippen MR) is 329 cm³/mol. The average molecular weight is 1170 g/mol. The fraction of sp³-hybridized carbons (Fsp3) is 0.909. The molecule has 452 valence electrons. The number of aliphatic carboxylic acids is 2. The zero-order valence-corrected chi connectivity index (χ0v) is 53.2. The van der Waals surface area contributed by atoms with E-state index in [2.05, 4.69) is 81.4 Å². The maximum absolute atomic E-state index is 11.8. The van der Waals surface area contributed by atoms with Crippen molar-refractivity contribution >= 4 is 56.7 Å². The Morgan fingerprint density at radius 2 is 1.05 bits per heavy atom. The van der Waals surface area contributed by atoms with Gasteiger partial charge in [-0.3, -0.25) is 9.59 Å². The van der Waals surface area contributed by atoms with Gasteiger partial charge in [-0.1, -0.05) is 138 Å². The number of hydrogen-bond acceptors (Lipinski definition) is 7. The molecule has 8 nitrogen and oxygen atoms in total. The summed E-state index contributed by atoms with van der Waals surface area (Å²) in [6.45, 7) is 26.2. The van der Waals surface area contributed by atoms with Gasteiger partial charge in [-0.05, 0) is 214 Å². The molecule has 6 saturated carbocycles. The van der Waals surface area contributed by atoms with E-state index in [1.54, 1.807) is 11.1 Å². The lowest BCUT2D eigenvalue weighted by molar-refractivity contribution is -0.135. The van der Waals surface area contributed by atoms with E-state index >= 15 is 0 Å². The van der Waals surface area contributed by atoms with E-state index in [1.807, 2.05) is 0 Å². The summed E-state index contributed by atoms with van der Waals surface area (Å²) in [5, 5.41) is 17.7. The summed E-state index contributed by atoms with van der Waals surface area (Å²) in [7, 11) is -3.55. The Kier molecular flexibility index (Phi) is 26.5. The van der Waals surface area contributed by atoms with Gasteiger partial charge >= 0.3 is 11.9 Å². The minimum Gasteiger partial charge on any atom is -0.481 e. The van der Waals surface area contributed by atoms with Crippen molar-refractivity contribution in [3.8, 4) is 0 Å². The van der Waals surface area contributed by atoms with Crippen LogP contribution in [0.15, 0.2) is 23.3 Å².